The molecule has 0 aromatic rings. The van der Waals surface area contributed by atoms with Crippen molar-refractivity contribution in [2.45, 2.75) is 12.7 Å². The van der Waals surface area contributed by atoms with Crippen LogP contribution < -0.4 is 6.15 Å². The van der Waals surface area contributed by atoms with Crippen molar-refractivity contribution in [1.82, 2.24) is 6.15 Å². The van der Waals surface area contributed by atoms with Crippen molar-refractivity contribution in [2.75, 3.05) is 0 Å². The minimum atomic E-state index is -5.52. The normalized spacial score (nSPS) is 11.5. The van der Waals surface area contributed by atoms with E-state index in [1.807, 2.05) is 0 Å². The van der Waals surface area contributed by atoms with Crippen LogP contribution in [0.1, 0.15) is 0 Å². The van der Waals surface area contributed by atoms with Crippen molar-refractivity contribution >= 4 is 0 Å². The monoisotopic (exact) mass is 217 g/mol. The van der Waals surface area contributed by atoms with Crippen LogP contribution in [0.4, 0.5) is 26.3 Å². The van der Waals surface area contributed by atoms with E-state index >= 15 is 0 Å². The second-order valence-electron chi connectivity index (χ2n) is 1.30. The maximum Gasteiger partial charge on any atom is 0.636 e. The highest BCUT2D eigenvalue weighted by Gasteiger charge is 2.49. The molecule has 0 spiro atoms. The Hall–Kier alpha value is -1.26. The fourth-order valence-corrected chi connectivity index (χ4v) is 0.188. The van der Waals surface area contributed by atoms with Crippen molar-refractivity contribution in [1.29, 1.82) is 0 Å². The summed E-state index contributed by atoms with van der Waals surface area (Å²) in [6, 6.07) is 0. The Morgan fingerprint density at radius 3 is 1.23 bits per heavy atom. The molecule has 0 unspecified atom stereocenters. The summed E-state index contributed by atoms with van der Waals surface area (Å²) in [5.41, 5.74) is 0. The highest BCUT2D eigenvalue weighted by atomic mass is 19.4. The zero-order chi connectivity index (χ0) is 9.99. The fourth-order valence-electron chi connectivity index (χ4n) is 0.188. The third-order valence-corrected chi connectivity index (χ3v) is 0.356. The maximum atomic E-state index is 11.0. The fraction of sp³-hybridized carbons (Fsp3) is 1.00. The topological polar surface area (TPSA) is 73.5 Å². The lowest BCUT2D eigenvalue weighted by atomic mass is 11.4. The molecule has 13 heavy (non-hydrogen) atoms. The molecule has 0 saturated heterocycles. The first kappa shape index (κ1) is 14.3. The van der Waals surface area contributed by atoms with Crippen LogP contribution in [0.2, 0.25) is 0 Å². The lowest BCUT2D eigenvalue weighted by Gasteiger charge is -1.97. The van der Waals surface area contributed by atoms with Gasteiger partial charge in [0.2, 0.25) is 0 Å². The number of hydrogen-bond donors (Lipinski definition) is 1. The molecular weight excluding hydrogens is 214 g/mol. The maximum absolute atomic E-state index is 11.0. The number of nitrogens with zero attached hydrogens (tertiary/aromatic N) is 1. The summed E-state index contributed by atoms with van der Waals surface area (Å²) in [4.78, 5) is 13.8. The van der Waals surface area contributed by atoms with Gasteiger partial charge in [0.15, 0.2) is 0 Å². The molecule has 0 aromatic heterocycles. The standard InChI is InChI=1S/C2F6NO3.H3N/c3-1(4,5)11-9(10)12-2(6,7)8;/h;1H3/q+1;. The average molecular weight is 217 g/mol. The Labute approximate surface area is 66.3 Å². The number of rotatable bonds is 2. The van der Waals surface area contributed by atoms with Crippen LogP contribution in [0.3, 0.4) is 0 Å². The Morgan fingerprint density at radius 2 is 1.08 bits per heavy atom. The van der Waals surface area contributed by atoms with Gasteiger partial charge in [-0.05, 0) is 0 Å². The van der Waals surface area contributed by atoms with E-state index < -0.39 is 17.8 Å². The van der Waals surface area contributed by atoms with Gasteiger partial charge in [-0.2, -0.15) is 0 Å². The van der Waals surface area contributed by atoms with Crippen molar-refractivity contribution in [2.24, 2.45) is 0 Å². The van der Waals surface area contributed by atoms with E-state index in [1.165, 1.54) is 0 Å². The van der Waals surface area contributed by atoms with Gasteiger partial charge in [-0.3, -0.25) is 0 Å². The molecule has 80 valence electrons. The molecular formula is C2H3F6N2O3+. The van der Waals surface area contributed by atoms with Gasteiger partial charge in [0.05, 0.1) is 0 Å². The van der Waals surface area contributed by atoms with Crippen LogP contribution in [0.5, 0.6) is 0 Å². The van der Waals surface area contributed by atoms with Crippen LogP contribution in [0, 0.1) is 4.91 Å². The molecule has 0 rings (SSSR count). The smallest absolute Gasteiger partial charge is 0.344 e. The van der Waals surface area contributed by atoms with Gasteiger partial charge in [0, 0.05) is 0 Å². The summed E-state index contributed by atoms with van der Waals surface area (Å²) >= 11 is 0. The summed E-state index contributed by atoms with van der Waals surface area (Å²) in [6.07, 6.45) is -11.0. The van der Waals surface area contributed by atoms with Crippen LogP contribution in [0.15, 0.2) is 0 Å². The van der Waals surface area contributed by atoms with Gasteiger partial charge in [-0.1, -0.05) is 9.68 Å². The molecule has 0 aliphatic heterocycles. The summed E-state index contributed by atoms with van der Waals surface area (Å²) < 4.78 is 65.8. The van der Waals surface area contributed by atoms with E-state index in [1.54, 1.807) is 0 Å². The van der Waals surface area contributed by atoms with Gasteiger partial charge in [0.1, 0.15) is 4.91 Å². The first-order valence-corrected chi connectivity index (χ1v) is 2.09. The SMILES string of the molecule is N.O=[N+](OC(F)(F)F)OC(F)(F)F. The number of alkyl halides is 6. The van der Waals surface area contributed by atoms with E-state index in [0.717, 1.165) is 0 Å². The van der Waals surface area contributed by atoms with Gasteiger partial charge >= 0.3 is 17.8 Å². The van der Waals surface area contributed by atoms with Crippen LogP contribution >= 0.6 is 0 Å². The minimum absolute atomic E-state index is 0. The molecule has 0 fully saturated rings. The van der Waals surface area contributed by atoms with Crippen molar-refractivity contribution in [3.05, 3.63) is 4.91 Å². The predicted octanol–water partition coefficient (Wildman–Crippen LogP) is 1.83. The molecule has 0 aromatic carbocycles. The summed E-state index contributed by atoms with van der Waals surface area (Å²) in [6.45, 7) is 0. The molecule has 0 radical (unpaired) electrons. The lowest BCUT2D eigenvalue weighted by Crippen LogP contribution is -2.27. The predicted molar refractivity (Wildman–Crippen MR) is 22.9 cm³/mol. The van der Waals surface area contributed by atoms with Crippen LogP contribution in [0.25, 0.3) is 0 Å². The van der Waals surface area contributed by atoms with E-state index in [4.69, 9.17) is 0 Å². The molecule has 0 aliphatic carbocycles. The first-order valence-electron chi connectivity index (χ1n) is 2.09. The Balaban J connectivity index is 0. The minimum Gasteiger partial charge on any atom is -0.344 e. The van der Waals surface area contributed by atoms with Crippen LogP contribution in [-0.2, 0) is 9.68 Å². The zero-order valence-electron chi connectivity index (χ0n) is 5.65. The number of hydrogen-bond acceptors (Lipinski definition) is 4. The summed E-state index contributed by atoms with van der Waals surface area (Å²) in [5.74, 6) is 0. The molecule has 0 saturated carbocycles. The Kier molecular flexibility index (Phi) is 4.52. The third-order valence-electron chi connectivity index (χ3n) is 0.356. The van der Waals surface area contributed by atoms with Crippen molar-refractivity contribution in [3.8, 4) is 0 Å². The summed E-state index contributed by atoms with van der Waals surface area (Å²) in [5, 5.41) is -2.08. The first-order chi connectivity index (χ1) is 5.10. The van der Waals surface area contributed by atoms with Crippen LogP contribution in [-0.4, -0.2) is 17.8 Å². The molecule has 0 bridgehead atoms. The van der Waals surface area contributed by atoms with Gasteiger partial charge in [-0.25, -0.2) is 0 Å². The highest BCUT2D eigenvalue weighted by Crippen LogP contribution is 2.21. The second-order valence-corrected chi connectivity index (χ2v) is 1.30. The van der Waals surface area contributed by atoms with Crippen molar-refractivity contribution < 1.29 is 41.1 Å². The molecule has 0 heterocycles. The van der Waals surface area contributed by atoms with Gasteiger partial charge in [0.25, 0.3) is 0 Å². The average Bonchev–Trinajstić information content (AvgIpc) is 1.49. The zero-order valence-corrected chi connectivity index (χ0v) is 5.65. The summed E-state index contributed by atoms with van der Waals surface area (Å²) in [7, 11) is 0. The largest absolute Gasteiger partial charge is 0.636 e. The van der Waals surface area contributed by atoms with Gasteiger partial charge < -0.3 is 6.15 Å². The molecule has 11 heteroatoms. The number of halogens is 6. The molecule has 0 aliphatic rings. The van der Waals surface area contributed by atoms with E-state index in [2.05, 4.69) is 9.68 Å². The van der Waals surface area contributed by atoms with Gasteiger partial charge in [-0.15, -0.1) is 26.3 Å². The molecule has 0 amide bonds. The van der Waals surface area contributed by atoms with E-state index in [-0.39, 0.29) is 6.15 Å². The van der Waals surface area contributed by atoms with E-state index in [9.17, 15) is 31.2 Å². The Bertz CT molecular complexity index is 156. The Morgan fingerprint density at radius 1 is 0.846 bits per heavy atom. The highest BCUT2D eigenvalue weighted by molar-refractivity contribution is 4.14. The lowest BCUT2D eigenvalue weighted by molar-refractivity contribution is -1.03. The quantitative estimate of drug-likeness (QED) is 0.565. The van der Waals surface area contributed by atoms with E-state index in [0.29, 0.717) is 0 Å². The molecule has 5 nitrogen and oxygen atoms in total. The second kappa shape index (κ2) is 4.11. The molecule has 0 atom stereocenters. The molecule has 3 N–H and O–H groups in total. The third kappa shape index (κ3) is 10.7. The van der Waals surface area contributed by atoms with Crippen molar-refractivity contribution in [3.63, 3.8) is 0 Å².